The van der Waals surface area contributed by atoms with Crippen molar-refractivity contribution in [3.63, 3.8) is 0 Å². The van der Waals surface area contributed by atoms with Crippen molar-refractivity contribution in [1.29, 1.82) is 0 Å². The van der Waals surface area contributed by atoms with E-state index in [2.05, 4.69) is 39.8 Å². The van der Waals surface area contributed by atoms with Crippen LogP contribution in [0.5, 0.6) is 0 Å². The van der Waals surface area contributed by atoms with E-state index in [1.807, 2.05) is 39.6 Å². The first-order chi connectivity index (χ1) is 21.6. The van der Waals surface area contributed by atoms with Gasteiger partial charge in [0.25, 0.3) is 0 Å². The maximum absolute atomic E-state index is 13.8. The van der Waals surface area contributed by atoms with Crippen molar-refractivity contribution in [1.82, 2.24) is 9.80 Å². The van der Waals surface area contributed by atoms with Gasteiger partial charge >= 0.3 is 5.97 Å². The summed E-state index contributed by atoms with van der Waals surface area (Å²) in [5, 5.41) is 34.8. The van der Waals surface area contributed by atoms with E-state index in [9.17, 15) is 20.1 Å². The summed E-state index contributed by atoms with van der Waals surface area (Å²) in [6.45, 7) is 19.5. The Bertz CT molecular complexity index is 984. The maximum Gasteiger partial charge on any atom is 0.311 e. The molecule has 3 aliphatic heterocycles. The number of carbonyl (C=O) groups is 1. The molecule has 0 aromatic carbocycles. The molecule has 0 spiro atoms. The average molecular weight is 673 g/mol. The molecular weight excluding hydrogens is 604 g/mol. The van der Waals surface area contributed by atoms with E-state index >= 15 is 0 Å². The number of likely N-dealkylation sites (N-methyl/N-ethyl adjacent to an activating group) is 1. The lowest BCUT2D eigenvalue weighted by molar-refractivity contribution is -0.287. The summed E-state index contributed by atoms with van der Waals surface area (Å²) in [7, 11) is 5.99. The maximum atomic E-state index is 13.8. The highest BCUT2D eigenvalue weighted by Gasteiger charge is 2.48. The first-order valence-electron chi connectivity index (χ1n) is 17.9. The Labute approximate surface area is 284 Å². The van der Waals surface area contributed by atoms with E-state index < -0.39 is 65.9 Å². The molecule has 16 atom stereocenters. The van der Waals surface area contributed by atoms with Gasteiger partial charge in [0.15, 0.2) is 12.6 Å². The Hall–Kier alpha value is -0.890. The number of esters is 1. The lowest BCUT2D eigenvalue weighted by Gasteiger charge is -2.46. The molecular formula is C36H68N2O9. The number of aliphatic hydroxyl groups excluding tert-OH is 1. The van der Waals surface area contributed by atoms with Gasteiger partial charge in [-0.05, 0) is 93.3 Å². The summed E-state index contributed by atoms with van der Waals surface area (Å²) in [5.74, 6) is -1.20. The molecule has 0 radical (unpaired) electrons. The molecule has 3 fully saturated rings. The van der Waals surface area contributed by atoms with Crippen molar-refractivity contribution in [2.24, 2.45) is 29.6 Å². The fraction of sp³-hybridized carbons (Fsp3) is 0.972. The lowest BCUT2D eigenvalue weighted by atomic mass is 9.77. The number of hydrogen-bond donors (Lipinski definition) is 3. The summed E-state index contributed by atoms with van der Waals surface area (Å²) in [6.07, 6.45) is -1.36. The minimum Gasteiger partial charge on any atom is -0.462 e. The molecule has 0 aromatic heterocycles. The van der Waals surface area contributed by atoms with E-state index in [4.69, 9.17) is 23.7 Å². The van der Waals surface area contributed by atoms with Crippen LogP contribution in [0.15, 0.2) is 0 Å². The standard InChI is InChI=1S/C36H68N2O9/c1-20-17-35(9,41)33(47-30-16-28(37(11)12)15-22(3)44-30)24(5)31(46-29-14-21(2)23(4)27(8)45-29)25(6)34(40)43-19-36(10,42)32(39)26(7)38(13)18-20/h20-33,39,41-42H,14-19H2,1-13H3/t20-,21?,22?,23-,24+,25?,26?,27?,28?,29+,30?,31+,32?,33-,35?,36?/m1/s1. The summed E-state index contributed by atoms with van der Waals surface area (Å²) in [4.78, 5) is 17.9. The third-order valence-electron chi connectivity index (χ3n) is 11.5. The molecule has 0 aliphatic carbocycles. The molecule has 3 heterocycles. The van der Waals surface area contributed by atoms with Crippen LogP contribution < -0.4 is 0 Å². The molecule has 3 saturated heterocycles. The normalized spacial score (nSPS) is 48.8. The number of carbonyl (C=O) groups excluding carboxylic acids is 1. The lowest BCUT2D eigenvalue weighted by Crippen LogP contribution is -2.56. The van der Waals surface area contributed by atoms with Gasteiger partial charge in [0, 0.05) is 37.4 Å². The second-order valence-corrected chi connectivity index (χ2v) is 16.4. The molecule has 47 heavy (non-hydrogen) atoms. The number of aliphatic hydroxyl groups is 3. The molecule has 3 aliphatic rings. The van der Waals surface area contributed by atoms with Crippen LogP contribution >= 0.6 is 0 Å². The van der Waals surface area contributed by atoms with Crippen molar-refractivity contribution in [2.45, 2.75) is 161 Å². The average Bonchev–Trinajstić information content (AvgIpc) is 2.97. The topological polar surface area (TPSA) is 130 Å². The predicted molar refractivity (Wildman–Crippen MR) is 180 cm³/mol. The molecule has 0 saturated carbocycles. The van der Waals surface area contributed by atoms with Crippen molar-refractivity contribution >= 4 is 5.97 Å². The van der Waals surface area contributed by atoms with Gasteiger partial charge < -0.3 is 48.8 Å². The van der Waals surface area contributed by atoms with Crippen LogP contribution in [-0.4, -0.2) is 132 Å². The van der Waals surface area contributed by atoms with E-state index in [0.717, 1.165) is 6.42 Å². The first-order valence-corrected chi connectivity index (χ1v) is 17.9. The number of rotatable bonds is 5. The van der Waals surface area contributed by atoms with Gasteiger partial charge in [-0.25, -0.2) is 0 Å². The Morgan fingerprint density at radius 2 is 1.49 bits per heavy atom. The third kappa shape index (κ3) is 10.3. The van der Waals surface area contributed by atoms with E-state index in [1.165, 1.54) is 6.92 Å². The Morgan fingerprint density at radius 3 is 2.09 bits per heavy atom. The molecule has 11 heteroatoms. The van der Waals surface area contributed by atoms with Gasteiger partial charge in [-0.3, -0.25) is 4.79 Å². The quantitative estimate of drug-likeness (QED) is 0.370. The number of ether oxygens (including phenoxy) is 5. The molecule has 10 unspecified atom stereocenters. The molecule has 0 aromatic rings. The van der Waals surface area contributed by atoms with Gasteiger partial charge in [0.1, 0.15) is 18.3 Å². The van der Waals surface area contributed by atoms with Gasteiger partial charge in [-0.15, -0.1) is 0 Å². The van der Waals surface area contributed by atoms with Gasteiger partial charge in [0.2, 0.25) is 0 Å². The monoisotopic (exact) mass is 672 g/mol. The fourth-order valence-corrected chi connectivity index (χ4v) is 7.99. The zero-order valence-corrected chi connectivity index (χ0v) is 31.5. The highest BCUT2D eigenvalue weighted by atomic mass is 16.7. The third-order valence-corrected chi connectivity index (χ3v) is 11.5. The molecule has 11 nitrogen and oxygen atoms in total. The highest BCUT2D eigenvalue weighted by Crippen LogP contribution is 2.39. The van der Waals surface area contributed by atoms with Crippen molar-refractivity contribution in [3.8, 4) is 0 Å². The summed E-state index contributed by atoms with van der Waals surface area (Å²) >= 11 is 0. The van der Waals surface area contributed by atoms with Crippen LogP contribution in [0.4, 0.5) is 0 Å². The Balaban J connectivity index is 2.06. The Kier molecular flexibility index (Phi) is 14.2. The van der Waals surface area contributed by atoms with Crippen LogP contribution in [-0.2, 0) is 28.5 Å². The van der Waals surface area contributed by atoms with Crippen molar-refractivity contribution in [2.75, 3.05) is 34.3 Å². The van der Waals surface area contributed by atoms with Crippen LogP contribution in [0.2, 0.25) is 0 Å². The molecule has 276 valence electrons. The van der Waals surface area contributed by atoms with Gasteiger partial charge in [-0.2, -0.15) is 0 Å². The summed E-state index contributed by atoms with van der Waals surface area (Å²) < 4.78 is 31.9. The van der Waals surface area contributed by atoms with Crippen LogP contribution in [0.3, 0.4) is 0 Å². The van der Waals surface area contributed by atoms with Gasteiger partial charge in [0.05, 0.1) is 35.9 Å². The predicted octanol–water partition coefficient (Wildman–Crippen LogP) is 3.66. The summed E-state index contributed by atoms with van der Waals surface area (Å²) in [5.41, 5.74) is -3.03. The number of hydrogen-bond acceptors (Lipinski definition) is 11. The second-order valence-electron chi connectivity index (χ2n) is 16.4. The largest absolute Gasteiger partial charge is 0.462 e. The molecule has 3 N–H and O–H groups in total. The van der Waals surface area contributed by atoms with Crippen LogP contribution in [0.1, 0.15) is 94.9 Å². The Morgan fingerprint density at radius 1 is 0.872 bits per heavy atom. The number of cyclic esters (lactones) is 1. The van der Waals surface area contributed by atoms with E-state index in [0.29, 0.717) is 37.6 Å². The first kappa shape index (κ1) is 40.5. The molecule has 0 bridgehead atoms. The van der Waals surface area contributed by atoms with Crippen molar-refractivity contribution < 1.29 is 43.8 Å². The summed E-state index contributed by atoms with van der Waals surface area (Å²) in [6, 6.07) is -0.197. The highest BCUT2D eigenvalue weighted by molar-refractivity contribution is 5.72. The molecule has 0 amide bonds. The second kappa shape index (κ2) is 16.4. The minimum atomic E-state index is -1.68. The minimum absolute atomic E-state index is 0.0155. The number of nitrogens with zero attached hydrogens (tertiary/aromatic N) is 2. The SMILES string of the molecule is CC1CC(N(C)C)CC(O[C@@H]2[C@@H](C)[C@H](O[C@H]3CC(C)[C@@H](C)C(C)O3)C(C)C(=O)OCC(C)(O)C(O)C(C)N(C)C[C@H](C)CC2(C)O)O1. The fourth-order valence-electron chi connectivity index (χ4n) is 7.99. The van der Waals surface area contributed by atoms with E-state index in [-0.39, 0.29) is 30.8 Å². The zero-order chi connectivity index (χ0) is 35.6. The van der Waals surface area contributed by atoms with Crippen LogP contribution in [0, 0.1) is 29.6 Å². The smallest absolute Gasteiger partial charge is 0.311 e. The molecule has 3 rings (SSSR count). The van der Waals surface area contributed by atoms with Gasteiger partial charge in [-0.1, -0.05) is 27.7 Å². The van der Waals surface area contributed by atoms with Crippen LogP contribution in [0.25, 0.3) is 0 Å². The van der Waals surface area contributed by atoms with E-state index in [1.54, 1.807) is 13.8 Å². The zero-order valence-electron chi connectivity index (χ0n) is 31.5. The van der Waals surface area contributed by atoms with Crippen molar-refractivity contribution in [3.05, 3.63) is 0 Å².